The topological polar surface area (TPSA) is 38.9 Å². The second kappa shape index (κ2) is 4.31. The lowest BCUT2D eigenvalue weighted by Gasteiger charge is -2.00. The van der Waals surface area contributed by atoms with Gasteiger partial charge in [-0.2, -0.15) is 0 Å². The van der Waals surface area contributed by atoms with Crippen molar-refractivity contribution in [2.24, 2.45) is 5.73 Å². The monoisotopic (exact) mass is 236 g/mol. The van der Waals surface area contributed by atoms with Gasteiger partial charge in [0.2, 0.25) is 0 Å². The van der Waals surface area contributed by atoms with E-state index in [2.05, 4.69) is 4.98 Å². The van der Waals surface area contributed by atoms with E-state index in [9.17, 15) is 4.39 Å². The number of aryl methyl sites for hydroxylation is 1. The molecule has 0 fully saturated rings. The Morgan fingerprint density at radius 1 is 1.44 bits per heavy atom. The van der Waals surface area contributed by atoms with Gasteiger partial charge in [0.25, 0.3) is 0 Å². The van der Waals surface area contributed by atoms with Crippen LogP contribution in [-0.4, -0.2) is 4.98 Å². The highest BCUT2D eigenvalue weighted by atomic mass is 32.1. The van der Waals surface area contributed by atoms with Crippen LogP contribution in [0.4, 0.5) is 4.39 Å². The smallest absolute Gasteiger partial charge is 0.126 e. The van der Waals surface area contributed by atoms with Crippen LogP contribution in [0.25, 0.3) is 10.6 Å². The average molecular weight is 236 g/mol. The number of hydrogen-bond donors (Lipinski definition) is 1. The van der Waals surface area contributed by atoms with Crippen LogP contribution in [-0.2, 0) is 0 Å². The van der Waals surface area contributed by atoms with Gasteiger partial charge in [-0.25, -0.2) is 9.37 Å². The molecule has 0 amide bonds. The number of rotatable bonds is 2. The van der Waals surface area contributed by atoms with Gasteiger partial charge in [0.15, 0.2) is 0 Å². The van der Waals surface area contributed by atoms with Gasteiger partial charge in [-0.15, -0.1) is 11.3 Å². The highest BCUT2D eigenvalue weighted by Gasteiger charge is 2.09. The highest BCUT2D eigenvalue weighted by molar-refractivity contribution is 7.15. The summed E-state index contributed by atoms with van der Waals surface area (Å²) in [7, 11) is 0. The normalized spacial score (nSPS) is 12.8. The molecule has 0 bridgehead atoms. The first kappa shape index (κ1) is 11.2. The lowest BCUT2D eigenvalue weighted by Crippen LogP contribution is -2.01. The van der Waals surface area contributed by atoms with Crippen LogP contribution in [0.5, 0.6) is 0 Å². The second-order valence-electron chi connectivity index (χ2n) is 3.82. The molecule has 0 aliphatic heterocycles. The van der Waals surface area contributed by atoms with Crippen LogP contribution < -0.4 is 5.73 Å². The van der Waals surface area contributed by atoms with E-state index in [4.69, 9.17) is 5.73 Å². The van der Waals surface area contributed by atoms with Crippen molar-refractivity contribution in [3.05, 3.63) is 40.7 Å². The minimum Gasteiger partial charge on any atom is -0.323 e. The molecule has 0 saturated heterocycles. The van der Waals surface area contributed by atoms with E-state index in [-0.39, 0.29) is 11.9 Å². The summed E-state index contributed by atoms with van der Waals surface area (Å²) in [6.07, 6.45) is 1.75. The van der Waals surface area contributed by atoms with Gasteiger partial charge in [-0.3, -0.25) is 0 Å². The van der Waals surface area contributed by atoms with Gasteiger partial charge >= 0.3 is 0 Å². The maximum Gasteiger partial charge on any atom is 0.126 e. The highest BCUT2D eigenvalue weighted by Crippen LogP contribution is 2.28. The number of hydrogen-bond acceptors (Lipinski definition) is 3. The van der Waals surface area contributed by atoms with Gasteiger partial charge < -0.3 is 5.73 Å². The van der Waals surface area contributed by atoms with Crippen molar-refractivity contribution in [1.82, 2.24) is 4.98 Å². The largest absolute Gasteiger partial charge is 0.323 e. The Morgan fingerprint density at radius 3 is 2.75 bits per heavy atom. The van der Waals surface area contributed by atoms with Crippen molar-refractivity contribution < 1.29 is 4.39 Å². The predicted molar refractivity (Wildman–Crippen MR) is 64.8 cm³/mol. The molecule has 0 saturated carbocycles. The zero-order valence-electron chi connectivity index (χ0n) is 9.20. The number of aromatic nitrogens is 1. The molecule has 2 rings (SSSR count). The van der Waals surface area contributed by atoms with Gasteiger partial charge in [0.1, 0.15) is 10.8 Å². The standard InChI is InChI=1S/C12H13FN2S/c1-7-3-4-9(5-10(7)13)12-15-6-11(16-12)8(2)14/h3-6,8H,14H2,1-2H3. The van der Waals surface area contributed by atoms with E-state index in [0.717, 1.165) is 15.4 Å². The molecule has 2 nitrogen and oxygen atoms in total. The molecular formula is C12H13FN2S. The fourth-order valence-electron chi connectivity index (χ4n) is 1.36. The maximum atomic E-state index is 13.4. The summed E-state index contributed by atoms with van der Waals surface area (Å²) in [6, 6.07) is 5.13. The van der Waals surface area contributed by atoms with Gasteiger partial charge in [-0.1, -0.05) is 12.1 Å². The number of halogens is 1. The summed E-state index contributed by atoms with van der Waals surface area (Å²) in [5, 5.41) is 0.811. The van der Waals surface area contributed by atoms with Crippen molar-refractivity contribution in [2.45, 2.75) is 19.9 Å². The molecule has 0 aliphatic carbocycles. The first-order valence-corrected chi connectivity index (χ1v) is 5.87. The lowest BCUT2D eigenvalue weighted by atomic mass is 10.1. The third-order valence-electron chi connectivity index (χ3n) is 2.39. The maximum absolute atomic E-state index is 13.4. The van der Waals surface area contributed by atoms with E-state index in [0.29, 0.717) is 5.56 Å². The fourth-order valence-corrected chi connectivity index (χ4v) is 2.22. The number of nitrogens with zero attached hydrogens (tertiary/aromatic N) is 1. The van der Waals surface area contributed by atoms with Crippen molar-refractivity contribution in [1.29, 1.82) is 0 Å². The minimum atomic E-state index is -0.199. The summed E-state index contributed by atoms with van der Waals surface area (Å²) in [5.74, 6) is -0.199. The van der Waals surface area contributed by atoms with E-state index in [1.54, 1.807) is 19.2 Å². The molecule has 1 aromatic carbocycles. The molecule has 1 heterocycles. The van der Waals surface area contributed by atoms with Crippen LogP contribution in [0.3, 0.4) is 0 Å². The minimum absolute atomic E-state index is 0.0263. The molecular weight excluding hydrogens is 223 g/mol. The Bertz CT molecular complexity index is 505. The van der Waals surface area contributed by atoms with Crippen molar-refractivity contribution in [3.63, 3.8) is 0 Å². The molecule has 1 unspecified atom stereocenters. The molecule has 16 heavy (non-hydrogen) atoms. The summed E-state index contributed by atoms with van der Waals surface area (Å²) in [4.78, 5) is 5.26. The fraction of sp³-hybridized carbons (Fsp3) is 0.250. The molecule has 84 valence electrons. The molecule has 2 aromatic rings. The summed E-state index contributed by atoms with van der Waals surface area (Å²) >= 11 is 1.51. The van der Waals surface area contributed by atoms with E-state index in [1.165, 1.54) is 17.4 Å². The third kappa shape index (κ3) is 2.13. The van der Waals surface area contributed by atoms with Crippen molar-refractivity contribution in [2.75, 3.05) is 0 Å². The van der Waals surface area contributed by atoms with Gasteiger partial charge in [0.05, 0.1) is 0 Å². The van der Waals surface area contributed by atoms with E-state index >= 15 is 0 Å². The Balaban J connectivity index is 2.39. The van der Waals surface area contributed by atoms with Crippen LogP contribution in [0.2, 0.25) is 0 Å². The van der Waals surface area contributed by atoms with Crippen molar-refractivity contribution >= 4 is 11.3 Å². The third-order valence-corrected chi connectivity index (χ3v) is 3.64. The number of thiazole rings is 1. The van der Waals surface area contributed by atoms with Crippen molar-refractivity contribution in [3.8, 4) is 10.6 Å². The Labute approximate surface area is 97.9 Å². The Morgan fingerprint density at radius 2 is 2.19 bits per heavy atom. The SMILES string of the molecule is Cc1ccc(-c2ncc(C(C)N)s2)cc1F. The number of benzene rings is 1. The molecule has 1 aromatic heterocycles. The van der Waals surface area contributed by atoms with E-state index < -0.39 is 0 Å². The lowest BCUT2D eigenvalue weighted by molar-refractivity contribution is 0.619. The molecule has 0 aliphatic rings. The molecule has 2 N–H and O–H groups in total. The van der Waals surface area contributed by atoms with Crippen LogP contribution >= 0.6 is 11.3 Å². The zero-order valence-corrected chi connectivity index (χ0v) is 10.0. The van der Waals surface area contributed by atoms with Crippen LogP contribution in [0.1, 0.15) is 23.4 Å². The molecule has 4 heteroatoms. The second-order valence-corrected chi connectivity index (χ2v) is 4.88. The van der Waals surface area contributed by atoms with Crippen LogP contribution in [0.15, 0.2) is 24.4 Å². The zero-order chi connectivity index (χ0) is 11.7. The van der Waals surface area contributed by atoms with Gasteiger partial charge in [-0.05, 0) is 25.5 Å². The van der Waals surface area contributed by atoms with Crippen LogP contribution in [0, 0.1) is 12.7 Å². The predicted octanol–water partition coefficient (Wildman–Crippen LogP) is 3.28. The molecule has 0 spiro atoms. The summed E-state index contributed by atoms with van der Waals surface area (Å²) in [6.45, 7) is 3.65. The molecule has 0 radical (unpaired) electrons. The summed E-state index contributed by atoms with van der Waals surface area (Å²) < 4.78 is 13.4. The van der Waals surface area contributed by atoms with E-state index in [1.807, 2.05) is 13.0 Å². The quantitative estimate of drug-likeness (QED) is 0.869. The van der Waals surface area contributed by atoms with Gasteiger partial charge in [0, 0.05) is 22.7 Å². The summed E-state index contributed by atoms with van der Waals surface area (Å²) in [5.41, 5.74) is 7.21. The number of nitrogens with two attached hydrogens (primary N) is 1. The molecule has 1 atom stereocenters. The Kier molecular flexibility index (Phi) is 3.03. The average Bonchev–Trinajstić information content (AvgIpc) is 2.71. The first-order chi connectivity index (χ1) is 7.58. The first-order valence-electron chi connectivity index (χ1n) is 5.06. The Hall–Kier alpha value is -1.26.